The molecule has 10 aromatic carbocycles. The third-order valence-electron chi connectivity index (χ3n) is 19.0. The van der Waals surface area contributed by atoms with Gasteiger partial charge in [0.15, 0.2) is 5.58 Å². The number of rotatable bonds is 6. The topological polar surface area (TPSA) is 36.0 Å². The van der Waals surface area contributed by atoms with Crippen LogP contribution in [0.5, 0.6) is 0 Å². The zero-order valence-corrected chi connectivity index (χ0v) is 55.0. The zero-order chi connectivity index (χ0) is 62.0. The molecule has 5 heterocycles. The molecule has 0 N–H and O–H groups in total. The number of furan rings is 2. The second kappa shape index (κ2) is 19.9. The fraction of sp³-hybridized carbons (Fsp3) is 0.244. The fourth-order valence-electron chi connectivity index (χ4n) is 13.9. The largest absolute Gasteiger partial charge is 0.466 e. The Kier molecular flexibility index (Phi) is 12.7. The van der Waals surface area contributed by atoms with Crippen LogP contribution in [0.4, 0.5) is 45.5 Å². The van der Waals surface area contributed by atoms with Gasteiger partial charge in [-0.05, 0) is 169 Å². The van der Waals surface area contributed by atoms with E-state index >= 15 is 0 Å². The molecule has 0 amide bonds. The zero-order valence-electron chi connectivity index (χ0n) is 54.2. The second-order valence-electron chi connectivity index (χ2n) is 30.3. The van der Waals surface area contributed by atoms with Crippen LogP contribution in [0.2, 0.25) is 0 Å². The van der Waals surface area contributed by atoms with Gasteiger partial charge >= 0.3 is 6.85 Å². The first-order chi connectivity index (χ1) is 42.3. The first-order valence-corrected chi connectivity index (χ1v) is 32.6. The highest BCUT2D eigenvalue weighted by molar-refractivity contribution is 7.26. The summed E-state index contributed by atoms with van der Waals surface area (Å²) in [5.74, 6) is 0. The highest BCUT2D eigenvalue weighted by Gasteiger charge is 2.51. The van der Waals surface area contributed by atoms with Crippen LogP contribution >= 0.6 is 11.3 Å². The molecule has 5 nitrogen and oxygen atoms in total. The summed E-state index contributed by atoms with van der Waals surface area (Å²) in [6.45, 7) is 34.0. The van der Waals surface area contributed by atoms with Gasteiger partial charge < -0.3 is 23.4 Å². The Morgan fingerprint density at radius 3 is 1.53 bits per heavy atom. The Balaban J connectivity index is 1.04. The van der Waals surface area contributed by atoms with E-state index in [2.05, 4.69) is 319 Å². The number of para-hydroxylation sites is 1. The predicted octanol–water partition coefficient (Wildman–Crippen LogP) is 23.0. The van der Waals surface area contributed by atoms with Gasteiger partial charge in [0.2, 0.25) is 0 Å². The summed E-state index contributed by atoms with van der Waals surface area (Å²) < 4.78 is 17.5. The number of anilines is 8. The molecule has 2 aliphatic heterocycles. The lowest BCUT2D eigenvalue weighted by Crippen LogP contribution is -2.61. The van der Waals surface area contributed by atoms with Gasteiger partial charge in [0.05, 0.1) is 17.1 Å². The van der Waals surface area contributed by atoms with Crippen LogP contribution in [0.25, 0.3) is 75.3 Å². The summed E-state index contributed by atoms with van der Waals surface area (Å²) in [5.41, 5.74) is 24.2. The van der Waals surface area contributed by atoms with Gasteiger partial charge in [-0.2, -0.15) is 0 Å². The van der Waals surface area contributed by atoms with Crippen molar-refractivity contribution in [2.24, 2.45) is 0 Å². The van der Waals surface area contributed by atoms with E-state index in [-0.39, 0.29) is 27.1 Å². The Morgan fingerprint density at radius 2 is 0.899 bits per heavy atom. The first-order valence-electron chi connectivity index (χ1n) is 31.7. The monoisotopic (exact) mass is 1180 g/mol. The van der Waals surface area contributed by atoms with Crippen LogP contribution in [0.15, 0.2) is 209 Å². The van der Waals surface area contributed by atoms with Crippen molar-refractivity contribution in [2.75, 3.05) is 14.6 Å². The van der Waals surface area contributed by atoms with Crippen molar-refractivity contribution >= 4 is 128 Å². The third kappa shape index (κ3) is 9.31. The average Bonchev–Trinajstić information content (AvgIpc) is 1.67. The van der Waals surface area contributed by atoms with Crippen molar-refractivity contribution in [3.63, 3.8) is 0 Å². The van der Waals surface area contributed by atoms with Crippen molar-refractivity contribution in [2.45, 2.75) is 131 Å². The van der Waals surface area contributed by atoms with Gasteiger partial charge in [0.25, 0.3) is 0 Å². The van der Waals surface area contributed by atoms with Crippen molar-refractivity contribution in [1.29, 1.82) is 0 Å². The van der Waals surface area contributed by atoms with E-state index in [0.717, 1.165) is 101 Å². The van der Waals surface area contributed by atoms with Crippen molar-refractivity contribution in [3.05, 3.63) is 228 Å². The molecule has 15 rings (SSSR count). The first kappa shape index (κ1) is 56.7. The number of benzene rings is 10. The van der Waals surface area contributed by atoms with E-state index in [1.165, 1.54) is 59.1 Å². The summed E-state index contributed by atoms with van der Waals surface area (Å²) in [5, 5.41) is 5.70. The summed E-state index contributed by atoms with van der Waals surface area (Å²) in [7, 11) is 0. The molecule has 0 spiro atoms. The Morgan fingerprint density at radius 1 is 0.371 bits per heavy atom. The average molecular weight is 1180 g/mol. The minimum atomic E-state index is -0.405. The number of fused-ring (bicyclic) bond motifs is 13. The molecule has 0 saturated carbocycles. The van der Waals surface area contributed by atoms with Crippen LogP contribution in [0.3, 0.4) is 0 Å². The lowest BCUT2D eigenvalue weighted by molar-refractivity contribution is 0.590. The molecule has 0 unspecified atom stereocenters. The smallest absolute Gasteiger partial charge is 0.376 e. The van der Waals surface area contributed by atoms with E-state index in [1.807, 2.05) is 11.3 Å². The maximum Gasteiger partial charge on any atom is 0.376 e. The lowest BCUT2D eigenvalue weighted by Gasteiger charge is -2.44. The summed E-state index contributed by atoms with van der Waals surface area (Å²) >= 11 is 1.88. The molecule has 0 aliphatic carbocycles. The van der Waals surface area contributed by atoms with Crippen molar-refractivity contribution in [3.8, 4) is 22.3 Å². The summed E-state index contributed by atoms with van der Waals surface area (Å²) in [6, 6.07) is 75.8. The number of hydrogen-bond acceptors (Lipinski definition) is 6. The summed E-state index contributed by atoms with van der Waals surface area (Å²) in [4.78, 5) is 7.58. The van der Waals surface area contributed by atoms with Gasteiger partial charge in [-0.3, -0.25) is 0 Å². The molecule has 0 atom stereocenters. The molecule has 7 heteroatoms. The normalized spacial score (nSPS) is 13.7. The van der Waals surface area contributed by atoms with E-state index < -0.39 is 6.85 Å². The molecule has 0 saturated heterocycles. The molecular formula is C82H78BN3O2S. The lowest BCUT2D eigenvalue weighted by atomic mass is 9.45. The molecule has 89 heavy (non-hydrogen) atoms. The number of hydrogen-bond donors (Lipinski definition) is 0. The van der Waals surface area contributed by atoms with Crippen LogP contribution in [-0.4, -0.2) is 6.85 Å². The van der Waals surface area contributed by atoms with Crippen LogP contribution in [0, 0.1) is 0 Å². The molecular weight excluding hydrogens is 1100 g/mol. The van der Waals surface area contributed by atoms with E-state index in [4.69, 9.17) is 8.83 Å². The SMILES string of the molecule is CC(C)(C)c1ccc(N2B3c4oc5ccc(C(C)(C)C)cc5c4N(c4ccc(C(C)(C)C)cc4-c4ccccc4)c4c3c(cc3c4oc4ccccc43)-c3cc4c(cc32)sc2cc(N(c3ccc(C(C)(C)C)cc3)c3ccc(C(C)(C)C)cc3)ccc24)cc1. The van der Waals surface area contributed by atoms with E-state index in [0.29, 0.717) is 0 Å². The maximum absolute atomic E-state index is 7.67. The Bertz CT molecular complexity index is 4920. The summed E-state index contributed by atoms with van der Waals surface area (Å²) in [6.07, 6.45) is 0. The van der Waals surface area contributed by atoms with E-state index in [1.54, 1.807) is 0 Å². The fourth-order valence-corrected chi connectivity index (χ4v) is 15.1. The minimum Gasteiger partial charge on any atom is -0.466 e. The highest BCUT2D eigenvalue weighted by Crippen LogP contribution is 2.56. The van der Waals surface area contributed by atoms with Crippen molar-refractivity contribution < 1.29 is 8.83 Å². The van der Waals surface area contributed by atoms with Gasteiger partial charge in [-0.25, -0.2) is 0 Å². The Labute approximate surface area is 529 Å². The predicted molar refractivity (Wildman–Crippen MR) is 384 cm³/mol. The van der Waals surface area contributed by atoms with Gasteiger partial charge in [-0.1, -0.05) is 207 Å². The van der Waals surface area contributed by atoms with Gasteiger partial charge in [0, 0.05) is 75.9 Å². The molecule has 0 fully saturated rings. The maximum atomic E-state index is 7.67. The number of nitrogens with zero attached hydrogens (tertiary/aromatic N) is 3. The van der Waals surface area contributed by atoms with Crippen molar-refractivity contribution in [1.82, 2.24) is 0 Å². The minimum absolute atomic E-state index is 0.0324. The van der Waals surface area contributed by atoms with Gasteiger partial charge in [-0.15, -0.1) is 11.3 Å². The highest BCUT2D eigenvalue weighted by atomic mass is 32.1. The molecule has 0 radical (unpaired) electrons. The van der Waals surface area contributed by atoms with Gasteiger partial charge in [0.1, 0.15) is 16.8 Å². The van der Waals surface area contributed by atoms with Crippen LogP contribution < -0.4 is 25.7 Å². The quantitative estimate of drug-likeness (QED) is 0.155. The molecule has 13 aromatic rings. The molecule has 2 aliphatic rings. The molecule has 442 valence electrons. The van der Waals surface area contributed by atoms with E-state index in [9.17, 15) is 0 Å². The molecule has 0 bridgehead atoms. The molecule has 3 aromatic heterocycles. The second-order valence-corrected chi connectivity index (χ2v) is 31.4. The third-order valence-corrected chi connectivity index (χ3v) is 20.1. The van der Waals surface area contributed by atoms with Crippen LogP contribution in [0.1, 0.15) is 132 Å². The standard InChI is InChI=1S/C82H78BN3O2S/c1-78(2,3)50-25-33-55(34-26-50)84(56-35-27-51(28-36-56)79(4,5)6)58-39-40-60-63-46-62-64-47-65-59-23-19-20-24-69(59)87-76(65)75-73(64)83(86(68(62)48-72(63)89-71(60)45-58)57-37-29-52(30-38-57)80(7,8)9)77-74(66-44-54(82(13,14)15)32-42-70(66)88-77)85(75)67-41-31-53(81(10,11)12)43-61(67)49-21-17-16-18-22-49/h16-48H,1-15H3. The van der Waals surface area contributed by atoms with Crippen LogP contribution in [-0.2, 0) is 27.1 Å². The Hall–Kier alpha value is -8.78. The number of thiophene rings is 1.